The van der Waals surface area contributed by atoms with E-state index in [1.54, 1.807) is 0 Å². The highest BCUT2D eigenvalue weighted by molar-refractivity contribution is 14.1. The van der Waals surface area contributed by atoms with Gasteiger partial charge in [-0.05, 0) is 77.2 Å². The summed E-state index contributed by atoms with van der Waals surface area (Å²) >= 11 is 2.21. The Morgan fingerprint density at radius 2 is 1.70 bits per heavy atom. The van der Waals surface area contributed by atoms with Crippen LogP contribution in [0.15, 0.2) is 42.5 Å². The number of sulfonamides is 1. The van der Waals surface area contributed by atoms with Gasteiger partial charge < -0.3 is 15.7 Å². The third kappa shape index (κ3) is 11.3. The van der Waals surface area contributed by atoms with E-state index in [0.29, 0.717) is 32.5 Å². The number of aliphatic hydroxyl groups is 1. The molecule has 11 heteroatoms. The van der Waals surface area contributed by atoms with Crippen LogP contribution in [0.2, 0.25) is 0 Å². The predicted octanol–water partition coefficient (Wildman–Crippen LogP) is 3.59. The number of hydrogen-bond donors (Lipinski definition) is 3. The number of carbonyl (C=O) groups excluding carboxylic acids is 1. The molecule has 2 aromatic carbocycles. The van der Waals surface area contributed by atoms with Gasteiger partial charge in [-0.25, -0.2) is 21.5 Å². The SMILES string of the molecule is CCCN(CCC)S(=O)(=O)CCC(=O)N[C@@H](Cc1cc(F)cc(F)c1)[C@@H](O)CNCc1cccc(I)c1. The van der Waals surface area contributed by atoms with Crippen molar-refractivity contribution in [1.82, 2.24) is 14.9 Å². The lowest BCUT2D eigenvalue weighted by atomic mass is 10.0. The van der Waals surface area contributed by atoms with Crippen LogP contribution in [0.5, 0.6) is 0 Å². The maximum Gasteiger partial charge on any atom is 0.221 e. The summed E-state index contributed by atoms with van der Waals surface area (Å²) in [6, 6.07) is 9.98. The van der Waals surface area contributed by atoms with E-state index in [1.807, 2.05) is 38.1 Å². The van der Waals surface area contributed by atoms with Gasteiger partial charge in [-0.15, -0.1) is 0 Å². The van der Waals surface area contributed by atoms with Gasteiger partial charge in [0.25, 0.3) is 0 Å². The summed E-state index contributed by atoms with van der Waals surface area (Å²) in [6.07, 6.45) is -0.0795. The normalized spacial score (nSPS) is 13.5. The molecule has 0 unspecified atom stereocenters. The van der Waals surface area contributed by atoms with Crippen molar-refractivity contribution in [2.75, 3.05) is 25.4 Å². The van der Waals surface area contributed by atoms with Crippen LogP contribution in [-0.2, 0) is 27.8 Å². The summed E-state index contributed by atoms with van der Waals surface area (Å²) in [5, 5.41) is 16.7. The number of rotatable bonds is 16. The maximum absolute atomic E-state index is 13.7. The Labute approximate surface area is 232 Å². The molecule has 0 bridgehead atoms. The second-order valence-electron chi connectivity index (χ2n) is 8.95. The van der Waals surface area contributed by atoms with Gasteiger partial charge in [0, 0.05) is 42.2 Å². The summed E-state index contributed by atoms with van der Waals surface area (Å²) in [6.45, 7) is 5.13. The lowest BCUT2D eigenvalue weighted by Crippen LogP contribution is -2.49. The quantitative estimate of drug-likeness (QED) is 0.241. The minimum Gasteiger partial charge on any atom is -0.390 e. The van der Waals surface area contributed by atoms with Gasteiger partial charge in [-0.3, -0.25) is 4.79 Å². The molecule has 37 heavy (non-hydrogen) atoms. The average molecular weight is 652 g/mol. The third-order valence-corrected chi connectivity index (χ3v) is 8.23. The molecular weight excluding hydrogens is 615 g/mol. The number of nitrogens with zero attached hydrogens (tertiary/aromatic N) is 1. The molecule has 2 atom stereocenters. The summed E-state index contributed by atoms with van der Waals surface area (Å²) in [7, 11) is -3.62. The maximum atomic E-state index is 13.7. The molecule has 0 aliphatic carbocycles. The van der Waals surface area contributed by atoms with Crippen molar-refractivity contribution in [2.45, 2.75) is 58.2 Å². The summed E-state index contributed by atoms with van der Waals surface area (Å²) in [4.78, 5) is 12.7. The second kappa shape index (κ2) is 15.7. The zero-order valence-electron chi connectivity index (χ0n) is 21.2. The van der Waals surface area contributed by atoms with E-state index in [2.05, 4.69) is 33.2 Å². The Morgan fingerprint density at radius 3 is 2.30 bits per heavy atom. The van der Waals surface area contributed by atoms with Crippen molar-refractivity contribution in [1.29, 1.82) is 0 Å². The minimum absolute atomic E-state index is 0.0307. The van der Waals surface area contributed by atoms with E-state index in [9.17, 15) is 27.1 Å². The van der Waals surface area contributed by atoms with E-state index >= 15 is 0 Å². The number of halogens is 3. The topological polar surface area (TPSA) is 98.7 Å². The predicted molar refractivity (Wildman–Crippen MR) is 149 cm³/mol. The largest absolute Gasteiger partial charge is 0.390 e. The number of nitrogens with one attached hydrogen (secondary N) is 2. The number of carbonyl (C=O) groups is 1. The molecular formula is C26H36F2IN3O4S. The van der Waals surface area contributed by atoms with Crippen molar-refractivity contribution in [3.05, 3.63) is 68.8 Å². The molecule has 2 aromatic rings. The molecule has 3 N–H and O–H groups in total. The van der Waals surface area contributed by atoms with E-state index in [-0.39, 0.29) is 30.7 Å². The van der Waals surface area contributed by atoms with E-state index in [4.69, 9.17) is 0 Å². The fourth-order valence-electron chi connectivity index (χ4n) is 3.94. The molecule has 0 fully saturated rings. The van der Waals surface area contributed by atoms with Crippen LogP contribution in [0.25, 0.3) is 0 Å². The Balaban J connectivity index is 2.06. The zero-order valence-corrected chi connectivity index (χ0v) is 24.2. The lowest BCUT2D eigenvalue weighted by molar-refractivity contribution is -0.122. The standard InChI is InChI=1S/C26H36F2IN3O4S/c1-3-9-32(10-4-2)37(35,36)11-8-26(34)31-24(15-20-12-21(27)16-22(28)13-20)25(33)18-30-17-19-6-5-7-23(29)14-19/h5-7,12-14,16,24-25,30,33H,3-4,8-11,15,17-18H2,1-2H3,(H,31,34)/t24-,25-/m0/s1. The van der Waals surface area contributed by atoms with Crippen LogP contribution >= 0.6 is 22.6 Å². The van der Waals surface area contributed by atoms with Gasteiger partial charge >= 0.3 is 0 Å². The first kappa shape index (κ1) is 31.5. The molecule has 2 rings (SSSR count). The molecule has 0 heterocycles. The molecule has 0 aliphatic rings. The number of aliphatic hydroxyl groups excluding tert-OH is 1. The fraction of sp³-hybridized carbons (Fsp3) is 0.500. The van der Waals surface area contributed by atoms with Gasteiger partial charge in [-0.1, -0.05) is 26.0 Å². The van der Waals surface area contributed by atoms with Crippen molar-refractivity contribution in [2.24, 2.45) is 0 Å². The van der Waals surface area contributed by atoms with Gasteiger partial charge in [0.05, 0.1) is 17.9 Å². The summed E-state index contributed by atoms with van der Waals surface area (Å²) in [5.41, 5.74) is 1.28. The monoisotopic (exact) mass is 651 g/mol. The zero-order chi connectivity index (χ0) is 27.4. The van der Waals surface area contributed by atoms with Crippen molar-refractivity contribution in [3.8, 4) is 0 Å². The first-order valence-electron chi connectivity index (χ1n) is 12.4. The lowest BCUT2D eigenvalue weighted by Gasteiger charge is -2.25. The molecule has 1 amide bonds. The Kier molecular flexibility index (Phi) is 13.4. The molecule has 7 nitrogen and oxygen atoms in total. The van der Waals surface area contributed by atoms with Gasteiger partial charge in [0.15, 0.2) is 0 Å². The van der Waals surface area contributed by atoms with Crippen molar-refractivity contribution < 1.29 is 27.1 Å². The second-order valence-corrected chi connectivity index (χ2v) is 12.3. The van der Waals surface area contributed by atoms with Gasteiger partial charge in [-0.2, -0.15) is 0 Å². The molecule has 0 aromatic heterocycles. The molecule has 0 saturated heterocycles. The van der Waals surface area contributed by atoms with Crippen LogP contribution in [-0.4, -0.2) is 61.3 Å². The van der Waals surface area contributed by atoms with Crippen LogP contribution in [0, 0.1) is 15.2 Å². The van der Waals surface area contributed by atoms with E-state index in [1.165, 1.54) is 4.31 Å². The van der Waals surface area contributed by atoms with Crippen LogP contribution < -0.4 is 10.6 Å². The smallest absolute Gasteiger partial charge is 0.221 e. The highest BCUT2D eigenvalue weighted by atomic mass is 127. The van der Waals surface area contributed by atoms with Crippen molar-refractivity contribution in [3.63, 3.8) is 0 Å². The highest BCUT2D eigenvalue weighted by Gasteiger charge is 2.25. The molecule has 0 spiro atoms. The molecule has 0 aliphatic heterocycles. The van der Waals surface area contributed by atoms with Crippen molar-refractivity contribution >= 4 is 38.5 Å². The van der Waals surface area contributed by atoms with E-state index < -0.39 is 39.7 Å². The Bertz CT molecular complexity index is 1090. The number of amides is 1. The van der Waals surface area contributed by atoms with Gasteiger partial charge in [0.1, 0.15) is 11.6 Å². The number of hydrogen-bond acceptors (Lipinski definition) is 5. The third-order valence-electron chi connectivity index (χ3n) is 5.69. The molecule has 0 saturated carbocycles. The highest BCUT2D eigenvalue weighted by Crippen LogP contribution is 2.13. The average Bonchev–Trinajstić information content (AvgIpc) is 2.81. The van der Waals surface area contributed by atoms with Crippen LogP contribution in [0.1, 0.15) is 44.2 Å². The molecule has 0 radical (unpaired) electrons. The Hall–Kier alpha value is -1.67. The first-order valence-corrected chi connectivity index (χ1v) is 15.1. The minimum atomic E-state index is -3.62. The summed E-state index contributed by atoms with van der Waals surface area (Å²) in [5.74, 6) is -2.44. The molecule has 206 valence electrons. The first-order chi connectivity index (χ1) is 17.5. The number of benzene rings is 2. The van der Waals surface area contributed by atoms with Crippen LogP contribution in [0.3, 0.4) is 0 Å². The van der Waals surface area contributed by atoms with E-state index in [0.717, 1.165) is 27.3 Å². The summed E-state index contributed by atoms with van der Waals surface area (Å²) < 4.78 is 55.4. The van der Waals surface area contributed by atoms with Gasteiger partial charge in [0.2, 0.25) is 15.9 Å². The fourth-order valence-corrected chi connectivity index (χ4v) is 6.17. The Morgan fingerprint density at radius 1 is 1.05 bits per heavy atom. The van der Waals surface area contributed by atoms with Crippen LogP contribution in [0.4, 0.5) is 8.78 Å².